The van der Waals surface area contributed by atoms with E-state index in [9.17, 15) is 19.7 Å². The molecule has 2 rings (SSSR count). The first kappa shape index (κ1) is 19.8. The molecule has 10 heteroatoms. The van der Waals surface area contributed by atoms with Gasteiger partial charge in [0.25, 0.3) is 11.6 Å². The van der Waals surface area contributed by atoms with Crippen LogP contribution in [0.3, 0.4) is 0 Å². The van der Waals surface area contributed by atoms with Crippen LogP contribution in [0.15, 0.2) is 18.2 Å². The maximum absolute atomic E-state index is 12.1. The summed E-state index contributed by atoms with van der Waals surface area (Å²) < 4.78 is 10.0. The molecule has 1 aromatic rings. The zero-order valence-corrected chi connectivity index (χ0v) is 13.7. The topological polar surface area (TPSA) is 134 Å². The van der Waals surface area contributed by atoms with Gasteiger partial charge in [0.2, 0.25) is 0 Å². The van der Waals surface area contributed by atoms with Gasteiger partial charge in [0, 0.05) is 24.4 Å². The number of nitrogens with two attached hydrogens (primary N) is 1. The standard InChI is InChI=1S/C14H17N3O6.ClH/c1-22-14(19)8-4-9(6-10(5-8)17(20)21)16-13(18)12-3-2-11(7-15)23-12;/h4-6,11-12H,2-3,7,15H2,1H3,(H,16,18);1H/t11-,12+;/m1./s1. The van der Waals surface area contributed by atoms with Crippen LogP contribution < -0.4 is 11.1 Å². The molecule has 1 aromatic carbocycles. The van der Waals surface area contributed by atoms with Gasteiger partial charge in [-0.15, -0.1) is 12.4 Å². The van der Waals surface area contributed by atoms with E-state index in [0.29, 0.717) is 19.4 Å². The van der Waals surface area contributed by atoms with Crippen molar-refractivity contribution in [3.8, 4) is 0 Å². The Morgan fingerprint density at radius 1 is 1.42 bits per heavy atom. The number of esters is 1. The van der Waals surface area contributed by atoms with Crippen molar-refractivity contribution in [3.05, 3.63) is 33.9 Å². The normalized spacial score (nSPS) is 19.2. The maximum atomic E-state index is 12.1. The van der Waals surface area contributed by atoms with Crippen molar-refractivity contribution in [1.82, 2.24) is 0 Å². The lowest BCUT2D eigenvalue weighted by atomic mass is 10.1. The SMILES string of the molecule is COC(=O)c1cc(NC(=O)[C@@H]2CC[C@H](CN)O2)cc([N+](=O)[O-])c1.Cl. The summed E-state index contributed by atoms with van der Waals surface area (Å²) in [5, 5.41) is 13.5. The van der Waals surface area contributed by atoms with Gasteiger partial charge in [-0.2, -0.15) is 0 Å². The third kappa shape index (κ3) is 4.63. The quantitative estimate of drug-likeness (QED) is 0.459. The van der Waals surface area contributed by atoms with E-state index in [1.165, 1.54) is 19.2 Å². The number of nitrogens with zero attached hydrogens (tertiary/aromatic N) is 1. The van der Waals surface area contributed by atoms with Crippen LogP contribution in [0.25, 0.3) is 0 Å². The van der Waals surface area contributed by atoms with Crippen molar-refractivity contribution in [2.75, 3.05) is 19.0 Å². The van der Waals surface area contributed by atoms with Gasteiger partial charge in [0.15, 0.2) is 0 Å². The van der Waals surface area contributed by atoms with E-state index >= 15 is 0 Å². The van der Waals surface area contributed by atoms with Crippen LogP contribution in [0.5, 0.6) is 0 Å². The van der Waals surface area contributed by atoms with Crippen molar-refractivity contribution in [1.29, 1.82) is 0 Å². The van der Waals surface area contributed by atoms with Gasteiger partial charge in [-0.05, 0) is 18.9 Å². The number of benzene rings is 1. The molecule has 24 heavy (non-hydrogen) atoms. The Kier molecular flexibility index (Phi) is 7.08. The summed E-state index contributed by atoms with van der Waals surface area (Å²) in [6, 6.07) is 3.56. The predicted molar refractivity (Wildman–Crippen MR) is 87.3 cm³/mol. The highest BCUT2D eigenvalue weighted by molar-refractivity contribution is 5.97. The van der Waals surface area contributed by atoms with Gasteiger partial charge in [0.05, 0.1) is 23.7 Å². The molecule has 0 aromatic heterocycles. The first-order valence-electron chi connectivity index (χ1n) is 6.98. The molecule has 0 aliphatic carbocycles. The lowest BCUT2D eigenvalue weighted by molar-refractivity contribution is -0.384. The Labute approximate surface area is 144 Å². The molecule has 0 radical (unpaired) electrons. The highest BCUT2D eigenvalue weighted by Gasteiger charge is 2.30. The smallest absolute Gasteiger partial charge is 0.338 e. The fraction of sp³-hybridized carbons (Fsp3) is 0.429. The number of halogens is 1. The van der Waals surface area contributed by atoms with Crippen molar-refractivity contribution >= 4 is 35.7 Å². The molecule has 3 N–H and O–H groups in total. The number of non-ortho nitro benzene ring substituents is 1. The van der Waals surface area contributed by atoms with Crippen LogP contribution in [0.1, 0.15) is 23.2 Å². The molecule has 132 valence electrons. The van der Waals surface area contributed by atoms with Crippen LogP contribution in [0, 0.1) is 10.1 Å². The van der Waals surface area contributed by atoms with Crippen LogP contribution in [0.4, 0.5) is 11.4 Å². The second-order valence-electron chi connectivity index (χ2n) is 5.07. The molecule has 1 aliphatic rings. The number of anilines is 1. The van der Waals surface area contributed by atoms with Gasteiger partial charge < -0.3 is 20.5 Å². The third-order valence-corrected chi connectivity index (χ3v) is 3.48. The van der Waals surface area contributed by atoms with Crippen LogP contribution in [-0.4, -0.2) is 42.7 Å². The van der Waals surface area contributed by atoms with Crippen LogP contribution in [-0.2, 0) is 14.3 Å². The lowest BCUT2D eigenvalue weighted by Crippen LogP contribution is -2.29. The summed E-state index contributed by atoms with van der Waals surface area (Å²) in [7, 11) is 1.17. The van der Waals surface area contributed by atoms with Gasteiger partial charge in [-0.3, -0.25) is 14.9 Å². The summed E-state index contributed by atoms with van der Waals surface area (Å²) >= 11 is 0. The van der Waals surface area contributed by atoms with E-state index in [1.807, 2.05) is 0 Å². The lowest BCUT2D eigenvalue weighted by Gasteiger charge is -2.13. The minimum absolute atomic E-state index is 0. The second kappa shape index (κ2) is 8.57. The molecule has 1 saturated heterocycles. The molecule has 1 fully saturated rings. The molecule has 2 atom stereocenters. The first-order chi connectivity index (χ1) is 10.9. The van der Waals surface area contributed by atoms with Crippen molar-refractivity contribution in [2.45, 2.75) is 25.0 Å². The van der Waals surface area contributed by atoms with Gasteiger partial charge in [-0.1, -0.05) is 0 Å². The molecule has 0 unspecified atom stereocenters. The average molecular weight is 360 g/mol. The number of methoxy groups -OCH3 is 1. The van der Waals surface area contributed by atoms with Crippen molar-refractivity contribution in [2.24, 2.45) is 5.73 Å². The molecular formula is C14H18ClN3O6. The summed E-state index contributed by atoms with van der Waals surface area (Å²) in [5.74, 6) is -1.17. The Morgan fingerprint density at radius 3 is 2.67 bits per heavy atom. The molecule has 0 spiro atoms. The first-order valence-corrected chi connectivity index (χ1v) is 6.98. The van der Waals surface area contributed by atoms with Crippen LogP contribution >= 0.6 is 12.4 Å². The maximum Gasteiger partial charge on any atom is 0.338 e. The van der Waals surface area contributed by atoms with E-state index in [0.717, 1.165) is 6.07 Å². The number of nitrogens with one attached hydrogen (secondary N) is 1. The number of hydrogen-bond donors (Lipinski definition) is 2. The summed E-state index contributed by atoms with van der Waals surface area (Å²) in [6.45, 7) is 0.326. The van der Waals surface area contributed by atoms with Crippen molar-refractivity contribution < 1.29 is 24.0 Å². The van der Waals surface area contributed by atoms with E-state index < -0.39 is 22.9 Å². The zero-order chi connectivity index (χ0) is 17.0. The number of amides is 1. The molecule has 1 amide bonds. The largest absolute Gasteiger partial charge is 0.465 e. The van der Waals surface area contributed by atoms with E-state index in [1.54, 1.807) is 0 Å². The average Bonchev–Trinajstić information content (AvgIpc) is 3.02. The highest BCUT2D eigenvalue weighted by atomic mass is 35.5. The monoisotopic (exact) mass is 359 g/mol. The number of nitro benzene ring substituents is 1. The Morgan fingerprint density at radius 2 is 2.12 bits per heavy atom. The van der Waals surface area contributed by atoms with Gasteiger partial charge in [-0.25, -0.2) is 4.79 Å². The Bertz CT molecular complexity index is 639. The molecule has 0 bridgehead atoms. The summed E-state index contributed by atoms with van der Waals surface area (Å²) in [4.78, 5) is 34.0. The minimum atomic E-state index is -0.732. The van der Waals surface area contributed by atoms with E-state index in [4.69, 9.17) is 10.5 Å². The van der Waals surface area contributed by atoms with Gasteiger partial charge >= 0.3 is 5.97 Å². The number of carbonyl (C=O) groups excluding carboxylic acids is 2. The third-order valence-electron chi connectivity index (χ3n) is 3.48. The Hall–Kier alpha value is -2.23. The fourth-order valence-electron chi connectivity index (χ4n) is 2.32. The number of nitro groups is 1. The minimum Gasteiger partial charge on any atom is -0.465 e. The molecule has 1 heterocycles. The van der Waals surface area contributed by atoms with Gasteiger partial charge in [0.1, 0.15) is 6.10 Å². The fourth-order valence-corrected chi connectivity index (χ4v) is 2.32. The molecule has 9 nitrogen and oxygen atoms in total. The van der Waals surface area contributed by atoms with E-state index in [2.05, 4.69) is 10.1 Å². The number of carbonyl (C=O) groups is 2. The number of ether oxygens (including phenoxy) is 2. The highest BCUT2D eigenvalue weighted by Crippen LogP contribution is 2.24. The summed E-state index contributed by atoms with van der Waals surface area (Å²) in [5.41, 5.74) is 5.27. The molecular weight excluding hydrogens is 342 g/mol. The predicted octanol–water partition coefficient (Wildman–Crippen LogP) is 1.25. The number of hydrogen-bond acceptors (Lipinski definition) is 7. The Balaban J connectivity index is 0.00000288. The van der Waals surface area contributed by atoms with E-state index in [-0.39, 0.29) is 35.4 Å². The molecule has 1 aliphatic heterocycles. The number of rotatable bonds is 5. The summed E-state index contributed by atoms with van der Waals surface area (Å²) in [6.07, 6.45) is 0.370. The zero-order valence-electron chi connectivity index (χ0n) is 12.9. The molecule has 0 saturated carbocycles. The van der Waals surface area contributed by atoms with Crippen molar-refractivity contribution in [3.63, 3.8) is 0 Å². The van der Waals surface area contributed by atoms with Crippen LogP contribution in [0.2, 0.25) is 0 Å². The second-order valence-corrected chi connectivity index (χ2v) is 5.07.